The minimum absolute atomic E-state index is 0.00635. The minimum atomic E-state index is -1.72. The molecule has 19 atom stereocenters. The van der Waals surface area contributed by atoms with Crippen molar-refractivity contribution in [3.05, 3.63) is 11.6 Å². The molecule has 6 fully saturated rings. The van der Waals surface area contributed by atoms with Crippen molar-refractivity contribution in [3.63, 3.8) is 0 Å². The van der Waals surface area contributed by atoms with Crippen LogP contribution in [0.3, 0.4) is 0 Å². The maximum Gasteiger partial charge on any atom is 0.316 e. The average molecular weight is 781 g/mol. The molecule has 0 amide bonds. The van der Waals surface area contributed by atoms with Crippen LogP contribution in [0.5, 0.6) is 0 Å². The molecule has 3 aliphatic heterocycles. The third kappa shape index (κ3) is 6.31. The molecule has 0 radical (unpaired) electrons. The molecule has 1 spiro atoms. The zero-order valence-electron chi connectivity index (χ0n) is 33.3. The average Bonchev–Trinajstić information content (AvgIpc) is 3.45. The van der Waals surface area contributed by atoms with Gasteiger partial charge in [0, 0.05) is 6.42 Å². The van der Waals surface area contributed by atoms with E-state index in [-0.39, 0.29) is 58.5 Å². The van der Waals surface area contributed by atoms with Crippen LogP contribution in [-0.4, -0.2) is 134 Å². The minimum Gasteiger partial charge on any atom is -0.461 e. The lowest BCUT2D eigenvalue weighted by atomic mass is 9.34. The molecule has 7 aliphatic rings. The van der Waals surface area contributed by atoms with Crippen LogP contribution in [0.25, 0.3) is 0 Å². The number of esters is 1. The number of aliphatic hydroxyl groups excluding tert-OH is 7. The summed E-state index contributed by atoms with van der Waals surface area (Å²) in [4.78, 5) is 25.7. The van der Waals surface area contributed by atoms with Crippen molar-refractivity contribution in [3.8, 4) is 0 Å². The third-order valence-corrected chi connectivity index (χ3v) is 16.5. The lowest BCUT2D eigenvalue weighted by molar-refractivity contribution is -0.367. The predicted octanol–water partition coefficient (Wildman–Crippen LogP) is 1.51. The van der Waals surface area contributed by atoms with Crippen LogP contribution in [0.15, 0.2) is 11.6 Å². The summed E-state index contributed by atoms with van der Waals surface area (Å²) in [7, 11) is 0. The molecule has 14 nitrogen and oxygen atoms in total. The Morgan fingerprint density at radius 1 is 0.891 bits per heavy atom. The summed E-state index contributed by atoms with van der Waals surface area (Å²) in [5.74, 6) is -0.339. The zero-order valence-corrected chi connectivity index (χ0v) is 33.3. The SMILES string of the molecule is CC(=O)C(C)[C@H]1C[C@]2(C=C3[C@H](O)C[C@@H]4[C@@]5(C)CC[C@H](O[C@@H]6OC[C@H](O)[C@H](O)[C@H]6O[C@@H]6O[C@H](CO)[C@@H](O)[C@H](O)[C@H]6O)C(C)(C)[C@@H]5CC[C@@]4(C)[C@]3(C)CC2)C(=O)O1. The zero-order chi connectivity index (χ0) is 40.2. The van der Waals surface area contributed by atoms with Crippen molar-refractivity contribution in [2.75, 3.05) is 13.2 Å². The lowest BCUT2D eigenvalue weighted by Crippen LogP contribution is -2.66. The first kappa shape index (κ1) is 41.6. The maximum absolute atomic E-state index is 13.5. The van der Waals surface area contributed by atoms with E-state index in [0.29, 0.717) is 25.7 Å². The first-order chi connectivity index (χ1) is 25.6. The standard InChI is InChI=1S/C41H64O14/c1-19(20(2)43)24-16-41(36(50)53-24)13-12-39(6)21(15-41)22(44)14-27-38(5)10-9-28(37(3,4)26(38)8-11-40(27,39)7)54-35-33(29(46)23(45)18-51-35)55-34-32(49)31(48)30(47)25(17-42)52-34/h15,19,22-35,42,44-49H,8-14,16-18H2,1-7H3/t19?,22-,23+,24-,25-,26+,27-,28+,29+,30-,31+,32-,33-,34+,35+,38+,39-,40-,41+/m1/s1. The number of hydrogen-bond donors (Lipinski definition) is 7. The summed E-state index contributed by atoms with van der Waals surface area (Å²) in [5, 5.41) is 74.6. The molecule has 7 N–H and O–H groups in total. The normalized spacial score (nSPS) is 52.7. The third-order valence-electron chi connectivity index (χ3n) is 16.5. The Balaban J connectivity index is 1.11. The highest BCUT2D eigenvalue weighted by atomic mass is 16.8. The molecule has 312 valence electrons. The quantitative estimate of drug-likeness (QED) is 0.111. The fraction of sp³-hybridized carbons (Fsp3) is 0.902. The summed E-state index contributed by atoms with van der Waals surface area (Å²) in [6, 6.07) is 0. The largest absolute Gasteiger partial charge is 0.461 e. The number of rotatable bonds is 7. The first-order valence-electron chi connectivity index (χ1n) is 20.4. The van der Waals surface area contributed by atoms with Gasteiger partial charge >= 0.3 is 5.97 Å². The molecule has 14 heteroatoms. The second kappa shape index (κ2) is 14.3. The van der Waals surface area contributed by atoms with Gasteiger partial charge in [0.1, 0.15) is 54.6 Å². The van der Waals surface area contributed by atoms with Gasteiger partial charge in [0.15, 0.2) is 12.6 Å². The Labute approximate surface area is 323 Å². The Morgan fingerprint density at radius 3 is 2.27 bits per heavy atom. The van der Waals surface area contributed by atoms with Crippen molar-refractivity contribution >= 4 is 11.8 Å². The molecule has 7 rings (SSSR count). The van der Waals surface area contributed by atoms with Gasteiger partial charge in [0.05, 0.1) is 36.8 Å². The predicted molar refractivity (Wildman–Crippen MR) is 194 cm³/mol. The monoisotopic (exact) mass is 780 g/mol. The summed E-state index contributed by atoms with van der Waals surface area (Å²) in [6.07, 6.45) is -7.04. The van der Waals surface area contributed by atoms with Gasteiger partial charge in [-0.2, -0.15) is 0 Å². The van der Waals surface area contributed by atoms with E-state index in [1.54, 1.807) is 0 Å². The topological polar surface area (TPSA) is 222 Å². The van der Waals surface area contributed by atoms with Gasteiger partial charge in [-0.3, -0.25) is 9.59 Å². The molecular weight excluding hydrogens is 716 g/mol. The van der Waals surface area contributed by atoms with E-state index in [0.717, 1.165) is 31.3 Å². The second-order valence-corrected chi connectivity index (χ2v) is 19.5. The number of ketones is 1. The van der Waals surface area contributed by atoms with Crippen LogP contribution in [0.2, 0.25) is 0 Å². The molecule has 0 aromatic rings. The van der Waals surface area contributed by atoms with E-state index in [9.17, 15) is 45.3 Å². The number of aliphatic hydroxyl groups is 7. The fourth-order valence-corrected chi connectivity index (χ4v) is 12.7. The molecular formula is C41H64O14. The van der Waals surface area contributed by atoms with Gasteiger partial charge in [0.25, 0.3) is 0 Å². The maximum atomic E-state index is 13.5. The Morgan fingerprint density at radius 2 is 1.60 bits per heavy atom. The van der Waals surface area contributed by atoms with Gasteiger partial charge < -0.3 is 59.4 Å². The molecule has 3 saturated carbocycles. The van der Waals surface area contributed by atoms with Crippen molar-refractivity contribution in [1.82, 2.24) is 0 Å². The van der Waals surface area contributed by atoms with Crippen LogP contribution in [0.1, 0.15) is 99.8 Å². The van der Waals surface area contributed by atoms with Crippen LogP contribution >= 0.6 is 0 Å². The Bertz CT molecular complexity index is 1520. The van der Waals surface area contributed by atoms with Crippen molar-refractivity contribution in [2.45, 2.75) is 173 Å². The lowest BCUT2D eigenvalue weighted by Gasteiger charge is -2.71. The van der Waals surface area contributed by atoms with Gasteiger partial charge in [-0.1, -0.05) is 47.6 Å². The van der Waals surface area contributed by atoms with Crippen molar-refractivity contribution in [2.24, 2.45) is 44.8 Å². The number of fused-ring (bicyclic) bond motifs is 5. The molecule has 0 aromatic carbocycles. The Kier molecular flexibility index (Phi) is 10.8. The summed E-state index contributed by atoms with van der Waals surface area (Å²) in [5.41, 5.74) is -1.00. The van der Waals surface area contributed by atoms with E-state index in [4.69, 9.17) is 23.7 Å². The number of Topliss-reactive ketones (excluding diaryl/α,β-unsaturated/α-hetero) is 1. The number of ether oxygens (including phenoxy) is 5. The highest BCUT2D eigenvalue weighted by Gasteiger charge is 2.69. The van der Waals surface area contributed by atoms with E-state index in [2.05, 4.69) is 34.6 Å². The molecule has 3 saturated heterocycles. The number of hydrogen-bond acceptors (Lipinski definition) is 14. The molecule has 3 heterocycles. The smallest absolute Gasteiger partial charge is 0.316 e. The molecule has 0 bridgehead atoms. The van der Waals surface area contributed by atoms with Gasteiger partial charge in [0.2, 0.25) is 0 Å². The molecule has 1 unspecified atom stereocenters. The molecule has 4 aliphatic carbocycles. The van der Waals surface area contributed by atoms with Gasteiger partial charge in [-0.25, -0.2) is 0 Å². The summed E-state index contributed by atoms with van der Waals surface area (Å²) in [6.45, 7) is 13.8. The van der Waals surface area contributed by atoms with E-state index < -0.39 is 85.0 Å². The first-order valence-corrected chi connectivity index (χ1v) is 20.4. The number of cyclic esters (lactones) is 1. The Hall–Kier alpha value is -1.56. The van der Waals surface area contributed by atoms with E-state index >= 15 is 0 Å². The number of carbonyl (C=O) groups is 2. The molecule has 0 aromatic heterocycles. The highest BCUT2D eigenvalue weighted by Crippen LogP contribution is 2.74. The van der Waals surface area contributed by atoms with E-state index in [1.807, 2.05) is 13.0 Å². The highest BCUT2D eigenvalue weighted by molar-refractivity contribution is 5.84. The van der Waals surface area contributed by atoms with Gasteiger partial charge in [-0.15, -0.1) is 0 Å². The van der Waals surface area contributed by atoms with Crippen LogP contribution < -0.4 is 0 Å². The second-order valence-electron chi connectivity index (χ2n) is 19.5. The van der Waals surface area contributed by atoms with Crippen LogP contribution in [0, 0.1) is 44.8 Å². The fourth-order valence-electron chi connectivity index (χ4n) is 12.7. The van der Waals surface area contributed by atoms with Crippen molar-refractivity contribution < 1.29 is 69.0 Å². The van der Waals surface area contributed by atoms with Gasteiger partial charge in [-0.05, 0) is 90.9 Å². The van der Waals surface area contributed by atoms with E-state index in [1.165, 1.54) is 6.92 Å². The van der Waals surface area contributed by atoms with Crippen LogP contribution in [-0.2, 0) is 33.3 Å². The van der Waals surface area contributed by atoms with Crippen molar-refractivity contribution in [1.29, 1.82) is 0 Å². The molecule has 55 heavy (non-hydrogen) atoms. The summed E-state index contributed by atoms with van der Waals surface area (Å²) < 4.78 is 30.0. The van der Waals surface area contributed by atoms with Crippen LogP contribution in [0.4, 0.5) is 0 Å². The number of carbonyl (C=O) groups excluding carboxylic acids is 2. The summed E-state index contributed by atoms with van der Waals surface area (Å²) >= 11 is 0.